The predicted octanol–water partition coefficient (Wildman–Crippen LogP) is 2.87. The van der Waals surface area contributed by atoms with Gasteiger partial charge in [-0.2, -0.15) is 5.10 Å². The van der Waals surface area contributed by atoms with Gasteiger partial charge in [0, 0.05) is 11.3 Å². The van der Waals surface area contributed by atoms with Crippen LogP contribution < -0.4 is 9.47 Å². The van der Waals surface area contributed by atoms with Crippen LogP contribution in [0, 0.1) is 0 Å². The van der Waals surface area contributed by atoms with E-state index >= 15 is 0 Å². The Kier molecular flexibility index (Phi) is 5.90. The minimum absolute atomic E-state index is 0.0187. The quantitative estimate of drug-likeness (QED) is 0.799. The summed E-state index contributed by atoms with van der Waals surface area (Å²) in [5, 5.41) is 6.15. The Bertz CT molecular complexity index is 604. The van der Waals surface area contributed by atoms with Gasteiger partial charge in [-0.05, 0) is 38.7 Å². The lowest BCUT2D eigenvalue weighted by atomic mass is 10.1. The molecule has 1 amide bonds. The minimum Gasteiger partial charge on any atom is -0.493 e. The molecule has 1 aliphatic rings. The van der Waals surface area contributed by atoms with Gasteiger partial charge in [0.1, 0.15) is 6.17 Å². The Balaban J connectivity index is 2.37. The van der Waals surface area contributed by atoms with Gasteiger partial charge in [0.25, 0.3) is 0 Å². The molecule has 7 heteroatoms. The largest absolute Gasteiger partial charge is 0.493 e. The summed E-state index contributed by atoms with van der Waals surface area (Å²) in [6, 6.07) is 5.68. The van der Waals surface area contributed by atoms with Crippen LogP contribution in [0.15, 0.2) is 23.3 Å². The summed E-state index contributed by atoms with van der Waals surface area (Å²) in [6.07, 6.45) is 0.757. The van der Waals surface area contributed by atoms with E-state index in [0.717, 1.165) is 17.7 Å². The second-order valence-electron chi connectivity index (χ2n) is 5.37. The molecule has 1 aromatic rings. The van der Waals surface area contributed by atoms with E-state index in [4.69, 9.17) is 9.47 Å². The van der Waals surface area contributed by atoms with Gasteiger partial charge >= 0.3 is 5.24 Å². The Morgan fingerprint density at radius 2 is 2.00 bits per heavy atom. The van der Waals surface area contributed by atoms with Crippen LogP contribution in [0.5, 0.6) is 11.5 Å². The number of carbonyl (C=O) groups excluding carboxylic acids is 1. The lowest BCUT2D eigenvalue weighted by molar-refractivity contribution is 0.114. The van der Waals surface area contributed by atoms with Crippen LogP contribution in [0.2, 0.25) is 0 Å². The average Bonchev–Trinajstić information content (AvgIpc) is 2.56. The van der Waals surface area contributed by atoms with Crippen LogP contribution in [0.3, 0.4) is 0 Å². The van der Waals surface area contributed by atoms with Gasteiger partial charge in [0.2, 0.25) is 0 Å². The Morgan fingerprint density at radius 1 is 1.30 bits per heavy atom. The maximum Gasteiger partial charge on any atom is 0.303 e. The standard InChI is InChI=1S/C16H23N3O3S/c1-6-15(18(2)3)19-16(20)23-10-12(17-19)11-7-8-13(21-4)14(9-11)22-5/h7-9,15H,6,10H2,1-5H3. The fourth-order valence-corrected chi connectivity index (χ4v) is 3.28. The summed E-state index contributed by atoms with van der Waals surface area (Å²) in [4.78, 5) is 14.2. The third-order valence-electron chi connectivity index (χ3n) is 3.71. The maximum atomic E-state index is 12.2. The fourth-order valence-electron chi connectivity index (χ4n) is 2.50. The van der Waals surface area contributed by atoms with Gasteiger partial charge in [-0.25, -0.2) is 5.01 Å². The minimum atomic E-state index is -0.0505. The molecule has 0 saturated carbocycles. The molecule has 0 saturated heterocycles. The first-order valence-corrected chi connectivity index (χ1v) is 8.42. The van der Waals surface area contributed by atoms with Crippen molar-refractivity contribution in [2.45, 2.75) is 19.5 Å². The van der Waals surface area contributed by atoms with Crippen LogP contribution in [-0.4, -0.2) is 61.1 Å². The van der Waals surface area contributed by atoms with Crippen LogP contribution >= 0.6 is 11.8 Å². The summed E-state index contributed by atoms with van der Waals surface area (Å²) >= 11 is 1.27. The zero-order valence-electron chi connectivity index (χ0n) is 14.2. The molecule has 6 nitrogen and oxygen atoms in total. The lowest BCUT2D eigenvalue weighted by Crippen LogP contribution is -2.45. The highest BCUT2D eigenvalue weighted by atomic mass is 32.2. The molecule has 126 valence electrons. The summed E-state index contributed by atoms with van der Waals surface area (Å²) < 4.78 is 10.6. The number of hydrogen-bond donors (Lipinski definition) is 0. The van der Waals surface area contributed by atoms with Crippen LogP contribution in [0.1, 0.15) is 18.9 Å². The summed E-state index contributed by atoms with van der Waals surface area (Å²) in [7, 11) is 7.11. The number of ether oxygens (including phenoxy) is 2. The first kappa shape index (κ1) is 17.6. The molecule has 0 aromatic heterocycles. The average molecular weight is 337 g/mol. The molecule has 2 rings (SSSR count). The highest BCUT2D eigenvalue weighted by molar-refractivity contribution is 8.14. The van der Waals surface area contributed by atoms with E-state index in [1.54, 1.807) is 19.2 Å². The third kappa shape index (κ3) is 3.79. The van der Waals surface area contributed by atoms with E-state index < -0.39 is 0 Å². The van der Waals surface area contributed by atoms with Crippen molar-refractivity contribution in [3.63, 3.8) is 0 Å². The molecular weight excluding hydrogens is 314 g/mol. The maximum absolute atomic E-state index is 12.2. The number of benzene rings is 1. The lowest BCUT2D eigenvalue weighted by Gasteiger charge is -2.34. The second-order valence-corrected chi connectivity index (χ2v) is 6.29. The number of thioether (sulfide) groups is 1. The molecule has 1 atom stereocenters. The first-order valence-electron chi connectivity index (χ1n) is 7.44. The molecule has 1 heterocycles. The van der Waals surface area contributed by atoms with Crippen LogP contribution in [0.4, 0.5) is 4.79 Å². The SMILES string of the molecule is CCC(N(C)C)N1N=C(c2ccc(OC)c(OC)c2)CSC1=O. The van der Waals surface area contributed by atoms with Crippen molar-refractivity contribution >= 4 is 22.7 Å². The molecule has 0 bridgehead atoms. The highest BCUT2D eigenvalue weighted by Gasteiger charge is 2.29. The van der Waals surface area contributed by atoms with Gasteiger partial charge in [0.05, 0.1) is 19.9 Å². The van der Waals surface area contributed by atoms with Gasteiger partial charge in [-0.1, -0.05) is 18.7 Å². The predicted molar refractivity (Wildman–Crippen MR) is 93.5 cm³/mol. The molecule has 0 fully saturated rings. The Hall–Kier alpha value is -1.73. The normalized spacial score (nSPS) is 16.3. The van der Waals surface area contributed by atoms with Crippen molar-refractivity contribution in [3.05, 3.63) is 23.8 Å². The van der Waals surface area contributed by atoms with E-state index in [0.29, 0.717) is 17.3 Å². The van der Waals surface area contributed by atoms with Crippen LogP contribution in [-0.2, 0) is 0 Å². The topological polar surface area (TPSA) is 54.4 Å². The number of methoxy groups -OCH3 is 2. The highest BCUT2D eigenvalue weighted by Crippen LogP contribution is 2.30. The number of carbonyl (C=O) groups is 1. The number of nitrogens with zero attached hydrogens (tertiary/aromatic N) is 3. The number of hydrazone groups is 1. The summed E-state index contributed by atoms with van der Waals surface area (Å²) in [5.41, 5.74) is 1.79. The Morgan fingerprint density at radius 3 is 2.57 bits per heavy atom. The van der Waals surface area contributed by atoms with E-state index in [1.165, 1.54) is 11.8 Å². The molecule has 1 aromatic carbocycles. The van der Waals surface area contributed by atoms with E-state index in [1.807, 2.05) is 44.1 Å². The fraction of sp³-hybridized carbons (Fsp3) is 0.500. The van der Waals surface area contributed by atoms with Crippen molar-refractivity contribution in [2.24, 2.45) is 5.10 Å². The van der Waals surface area contributed by atoms with Crippen molar-refractivity contribution in [1.82, 2.24) is 9.91 Å². The van der Waals surface area contributed by atoms with Crippen molar-refractivity contribution in [2.75, 3.05) is 34.1 Å². The van der Waals surface area contributed by atoms with Gasteiger partial charge in [-0.3, -0.25) is 9.69 Å². The number of hydrogen-bond acceptors (Lipinski definition) is 6. The molecule has 1 aliphatic heterocycles. The zero-order chi connectivity index (χ0) is 17.0. The molecule has 1 unspecified atom stereocenters. The molecule has 0 spiro atoms. The monoisotopic (exact) mass is 337 g/mol. The van der Waals surface area contributed by atoms with E-state index in [9.17, 15) is 4.79 Å². The second kappa shape index (κ2) is 7.70. The molecular formula is C16H23N3O3S. The van der Waals surface area contributed by atoms with Crippen molar-refractivity contribution in [3.8, 4) is 11.5 Å². The number of amides is 1. The van der Waals surface area contributed by atoms with Gasteiger partial charge in [0.15, 0.2) is 11.5 Å². The van der Waals surface area contributed by atoms with Crippen molar-refractivity contribution < 1.29 is 14.3 Å². The van der Waals surface area contributed by atoms with Gasteiger partial charge < -0.3 is 9.47 Å². The molecule has 0 radical (unpaired) electrons. The first-order chi connectivity index (χ1) is 11.0. The van der Waals surface area contributed by atoms with E-state index in [2.05, 4.69) is 5.10 Å². The molecule has 0 N–H and O–H groups in total. The van der Waals surface area contributed by atoms with Crippen LogP contribution in [0.25, 0.3) is 0 Å². The van der Waals surface area contributed by atoms with E-state index in [-0.39, 0.29) is 11.4 Å². The molecule has 0 aliphatic carbocycles. The third-order valence-corrected chi connectivity index (χ3v) is 4.56. The Labute approximate surface area is 141 Å². The number of rotatable bonds is 6. The summed E-state index contributed by atoms with van der Waals surface area (Å²) in [6.45, 7) is 2.04. The zero-order valence-corrected chi connectivity index (χ0v) is 15.0. The molecule has 23 heavy (non-hydrogen) atoms. The smallest absolute Gasteiger partial charge is 0.303 e. The van der Waals surface area contributed by atoms with Crippen molar-refractivity contribution in [1.29, 1.82) is 0 Å². The summed E-state index contributed by atoms with van der Waals surface area (Å²) in [5.74, 6) is 1.88. The van der Waals surface area contributed by atoms with Gasteiger partial charge in [-0.15, -0.1) is 0 Å².